The number of dihydropyridines is 1. The van der Waals surface area contributed by atoms with Gasteiger partial charge in [-0.3, -0.25) is 4.79 Å². The molecule has 0 aromatic heterocycles. The van der Waals surface area contributed by atoms with Gasteiger partial charge in [0.05, 0.1) is 18.8 Å². The number of allylic oxidation sites excluding steroid dienone is 3. The predicted octanol–water partition coefficient (Wildman–Crippen LogP) is 6.59. The zero-order chi connectivity index (χ0) is 28.2. The summed E-state index contributed by atoms with van der Waals surface area (Å²) in [5.41, 5.74) is 5.71. The monoisotopic (exact) mass is 537 g/mol. The third kappa shape index (κ3) is 5.81. The van der Waals surface area contributed by atoms with Crippen molar-refractivity contribution >= 4 is 11.8 Å². The van der Waals surface area contributed by atoms with Crippen LogP contribution in [0.3, 0.4) is 0 Å². The minimum atomic E-state index is -0.519. The maximum absolute atomic E-state index is 13.8. The van der Waals surface area contributed by atoms with Crippen LogP contribution in [0.25, 0.3) is 0 Å². The number of esters is 1. The van der Waals surface area contributed by atoms with Crippen molar-refractivity contribution in [3.8, 4) is 11.5 Å². The Labute approximate surface area is 235 Å². The molecule has 40 heavy (non-hydrogen) atoms. The van der Waals surface area contributed by atoms with Crippen LogP contribution in [-0.2, 0) is 20.9 Å². The maximum Gasteiger partial charge on any atom is 0.337 e. The van der Waals surface area contributed by atoms with Gasteiger partial charge in [0.2, 0.25) is 0 Å². The molecule has 1 N–H and O–H groups in total. The van der Waals surface area contributed by atoms with E-state index in [9.17, 15) is 9.59 Å². The van der Waals surface area contributed by atoms with Crippen LogP contribution in [0.15, 0.2) is 101 Å². The molecular formula is C34H35NO5. The van der Waals surface area contributed by atoms with Crippen molar-refractivity contribution in [1.82, 2.24) is 5.32 Å². The number of rotatable bonds is 8. The summed E-state index contributed by atoms with van der Waals surface area (Å²) in [6.07, 6.45) is 0.762. The van der Waals surface area contributed by atoms with Crippen LogP contribution in [0.5, 0.6) is 11.5 Å². The molecule has 3 aromatic rings. The summed E-state index contributed by atoms with van der Waals surface area (Å²) in [4.78, 5) is 27.2. The van der Waals surface area contributed by atoms with Crippen molar-refractivity contribution in [1.29, 1.82) is 0 Å². The van der Waals surface area contributed by atoms with E-state index in [0.717, 1.165) is 33.9 Å². The third-order valence-electron chi connectivity index (χ3n) is 7.44. The van der Waals surface area contributed by atoms with Crippen molar-refractivity contribution in [2.75, 3.05) is 7.11 Å². The number of ketones is 1. The zero-order valence-corrected chi connectivity index (χ0v) is 23.4. The molecule has 6 nitrogen and oxygen atoms in total. The molecule has 0 fully saturated rings. The van der Waals surface area contributed by atoms with Crippen molar-refractivity contribution < 1.29 is 23.8 Å². The quantitative estimate of drug-likeness (QED) is 0.327. The van der Waals surface area contributed by atoms with Crippen LogP contribution in [0.4, 0.5) is 0 Å². The van der Waals surface area contributed by atoms with Crippen molar-refractivity contribution in [2.45, 2.75) is 58.2 Å². The standard InChI is InChI=1S/C34H35NO5/c1-21(2)40-34(37)31-22(3)35-29-18-26(24-10-14-27(38-4)15-11-24)19-30(36)33(29)32(31)25-12-16-28(17-13-25)39-20-23-8-6-5-7-9-23/h5-17,21,26,32,35H,18-20H2,1-4H3/t26-,32-/m1/s1. The molecule has 0 bridgehead atoms. The van der Waals surface area contributed by atoms with Gasteiger partial charge < -0.3 is 19.5 Å². The Kier molecular flexibility index (Phi) is 8.06. The van der Waals surface area contributed by atoms with Gasteiger partial charge in [0.15, 0.2) is 5.78 Å². The van der Waals surface area contributed by atoms with E-state index in [0.29, 0.717) is 36.3 Å². The second kappa shape index (κ2) is 11.8. The zero-order valence-electron chi connectivity index (χ0n) is 23.4. The fraction of sp³-hybridized carbons (Fsp3) is 0.294. The molecule has 6 heteroatoms. The predicted molar refractivity (Wildman–Crippen MR) is 154 cm³/mol. The van der Waals surface area contributed by atoms with E-state index in [1.165, 1.54) is 0 Å². The Hall–Kier alpha value is -4.32. The van der Waals surface area contributed by atoms with E-state index in [1.807, 2.05) is 99.6 Å². The summed E-state index contributed by atoms with van der Waals surface area (Å²) >= 11 is 0. The largest absolute Gasteiger partial charge is 0.497 e. The first-order valence-electron chi connectivity index (χ1n) is 13.7. The van der Waals surface area contributed by atoms with Crippen LogP contribution in [-0.4, -0.2) is 25.0 Å². The fourth-order valence-electron chi connectivity index (χ4n) is 5.53. The van der Waals surface area contributed by atoms with E-state index in [1.54, 1.807) is 7.11 Å². The van der Waals surface area contributed by atoms with Gasteiger partial charge in [-0.15, -0.1) is 0 Å². The van der Waals surface area contributed by atoms with Crippen molar-refractivity contribution in [2.24, 2.45) is 0 Å². The number of benzene rings is 3. The molecule has 0 saturated heterocycles. The van der Waals surface area contributed by atoms with E-state index in [2.05, 4.69) is 5.32 Å². The number of nitrogens with one attached hydrogen (secondary N) is 1. The normalized spacial score (nSPS) is 18.8. The topological polar surface area (TPSA) is 73.9 Å². The van der Waals surface area contributed by atoms with Crippen LogP contribution in [0.1, 0.15) is 62.1 Å². The second-order valence-electron chi connectivity index (χ2n) is 10.6. The summed E-state index contributed by atoms with van der Waals surface area (Å²) < 4.78 is 16.9. The van der Waals surface area contributed by atoms with Gasteiger partial charge in [-0.1, -0.05) is 54.6 Å². The van der Waals surface area contributed by atoms with Gasteiger partial charge in [0.25, 0.3) is 0 Å². The Bertz CT molecular complexity index is 1440. The summed E-state index contributed by atoms with van der Waals surface area (Å²) in [5.74, 6) is 0.644. The molecule has 0 radical (unpaired) electrons. The molecule has 3 aromatic carbocycles. The average Bonchev–Trinajstić information content (AvgIpc) is 2.95. The average molecular weight is 538 g/mol. The summed E-state index contributed by atoms with van der Waals surface area (Å²) in [6.45, 7) is 5.99. The van der Waals surface area contributed by atoms with Gasteiger partial charge >= 0.3 is 5.97 Å². The van der Waals surface area contributed by atoms with E-state index in [-0.39, 0.29) is 17.8 Å². The van der Waals surface area contributed by atoms with E-state index < -0.39 is 11.9 Å². The van der Waals surface area contributed by atoms with Crippen molar-refractivity contribution in [3.05, 3.63) is 118 Å². The molecule has 0 spiro atoms. The fourth-order valence-corrected chi connectivity index (χ4v) is 5.53. The lowest BCUT2D eigenvalue weighted by Crippen LogP contribution is -2.36. The molecule has 1 aliphatic heterocycles. The molecule has 1 aliphatic carbocycles. The number of Topliss-reactive ketones (excluding diaryl/α,β-unsaturated/α-hetero) is 1. The van der Waals surface area contributed by atoms with Crippen LogP contribution in [0.2, 0.25) is 0 Å². The highest BCUT2D eigenvalue weighted by molar-refractivity contribution is 6.04. The van der Waals surface area contributed by atoms with Gasteiger partial charge in [0.1, 0.15) is 18.1 Å². The number of carbonyl (C=O) groups is 2. The minimum Gasteiger partial charge on any atom is -0.497 e. The molecular weight excluding hydrogens is 502 g/mol. The molecule has 5 rings (SSSR count). The van der Waals surface area contributed by atoms with E-state index >= 15 is 0 Å². The van der Waals surface area contributed by atoms with Crippen LogP contribution in [0, 0.1) is 0 Å². The molecule has 2 aliphatic rings. The second-order valence-corrected chi connectivity index (χ2v) is 10.6. The Balaban J connectivity index is 1.47. The van der Waals surface area contributed by atoms with E-state index in [4.69, 9.17) is 14.2 Å². The number of carbonyl (C=O) groups excluding carboxylic acids is 2. The molecule has 206 valence electrons. The smallest absolute Gasteiger partial charge is 0.337 e. The highest BCUT2D eigenvalue weighted by Crippen LogP contribution is 2.46. The number of ether oxygens (including phenoxy) is 3. The lowest BCUT2D eigenvalue weighted by atomic mass is 9.71. The lowest BCUT2D eigenvalue weighted by Gasteiger charge is -2.37. The lowest BCUT2D eigenvalue weighted by molar-refractivity contribution is -0.143. The molecule has 0 unspecified atom stereocenters. The Morgan fingerprint density at radius 3 is 2.20 bits per heavy atom. The highest BCUT2D eigenvalue weighted by atomic mass is 16.5. The minimum absolute atomic E-state index is 0.0336. The van der Waals surface area contributed by atoms with Gasteiger partial charge in [0, 0.05) is 29.3 Å². The summed E-state index contributed by atoms with van der Waals surface area (Å²) in [5, 5.41) is 3.41. The Morgan fingerprint density at radius 1 is 0.900 bits per heavy atom. The molecule has 1 heterocycles. The highest BCUT2D eigenvalue weighted by Gasteiger charge is 2.41. The Morgan fingerprint density at radius 2 is 1.55 bits per heavy atom. The number of hydrogen-bond acceptors (Lipinski definition) is 6. The number of hydrogen-bond donors (Lipinski definition) is 1. The molecule has 2 atom stereocenters. The first kappa shape index (κ1) is 27.3. The van der Waals surface area contributed by atoms with Crippen LogP contribution >= 0.6 is 0 Å². The SMILES string of the molecule is COc1ccc([C@H]2CC(=O)C3=C(C2)NC(C)=C(C(=O)OC(C)C)[C@H]3c2ccc(OCc3ccccc3)cc2)cc1. The maximum atomic E-state index is 13.8. The summed E-state index contributed by atoms with van der Waals surface area (Å²) in [7, 11) is 1.64. The first-order chi connectivity index (χ1) is 19.3. The molecule has 0 saturated carbocycles. The first-order valence-corrected chi connectivity index (χ1v) is 13.7. The van der Waals surface area contributed by atoms with Gasteiger partial charge in [-0.05, 0) is 74.1 Å². The van der Waals surface area contributed by atoms with Crippen LogP contribution < -0.4 is 14.8 Å². The third-order valence-corrected chi connectivity index (χ3v) is 7.44. The van der Waals surface area contributed by atoms with Crippen molar-refractivity contribution in [3.63, 3.8) is 0 Å². The summed E-state index contributed by atoms with van der Waals surface area (Å²) in [6, 6.07) is 25.5. The number of methoxy groups -OCH3 is 1. The van der Waals surface area contributed by atoms with Gasteiger partial charge in [-0.2, -0.15) is 0 Å². The molecule has 0 amide bonds. The van der Waals surface area contributed by atoms with Gasteiger partial charge in [-0.25, -0.2) is 4.79 Å².